The standard InChI is InChI=1S/C19H30N4O2/c1-4-20-19(21-13-15-5-7-17(24)8-6-15)22-16-9-11-23(12-10-16)18(25)14(2)3/h5-8,14,16,24H,4,9-13H2,1-3H3,(H2,20,21,22). The fraction of sp³-hybridized carbons (Fsp3) is 0.579. The summed E-state index contributed by atoms with van der Waals surface area (Å²) in [7, 11) is 0. The van der Waals surface area contributed by atoms with Crippen LogP contribution in [0, 0.1) is 5.92 Å². The highest BCUT2D eigenvalue weighted by Crippen LogP contribution is 2.14. The lowest BCUT2D eigenvalue weighted by Gasteiger charge is -2.34. The van der Waals surface area contributed by atoms with Crippen LogP contribution in [0.15, 0.2) is 29.3 Å². The van der Waals surface area contributed by atoms with Gasteiger partial charge in [0, 0.05) is 31.6 Å². The van der Waals surface area contributed by atoms with Crippen LogP contribution in [0.2, 0.25) is 0 Å². The molecule has 1 fully saturated rings. The van der Waals surface area contributed by atoms with Crippen molar-refractivity contribution in [1.82, 2.24) is 15.5 Å². The maximum absolute atomic E-state index is 12.1. The minimum atomic E-state index is 0.0636. The average molecular weight is 346 g/mol. The number of likely N-dealkylation sites (tertiary alicyclic amines) is 1. The van der Waals surface area contributed by atoms with Crippen LogP contribution in [-0.4, -0.2) is 47.5 Å². The Labute approximate surface area is 150 Å². The Kier molecular flexibility index (Phi) is 7.10. The fourth-order valence-electron chi connectivity index (χ4n) is 2.89. The quantitative estimate of drug-likeness (QED) is 0.564. The van der Waals surface area contributed by atoms with Crippen LogP contribution in [-0.2, 0) is 11.3 Å². The zero-order chi connectivity index (χ0) is 18.2. The summed E-state index contributed by atoms with van der Waals surface area (Å²) in [5, 5.41) is 16.1. The van der Waals surface area contributed by atoms with Crippen molar-refractivity contribution in [1.29, 1.82) is 0 Å². The summed E-state index contributed by atoms with van der Waals surface area (Å²) in [6, 6.07) is 7.42. The Hall–Kier alpha value is -2.24. The van der Waals surface area contributed by atoms with E-state index >= 15 is 0 Å². The summed E-state index contributed by atoms with van der Waals surface area (Å²) in [5.41, 5.74) is 1.05. The number of phenolic OH excluding ortho intramolecular Hbond substituents is 1. The van der Waals surface area contributed by atoms with Gasteiger partial charge < -0.3 is 20.6 Å². The number of aromatic hydroxyl groups is 1. The third kappa shape index (κ3) is 5.96. The van der Waals surface area contributed by atoms with Gasteiger partial charge in [-0.25, -0.2) is 4.99 Å². The highest BCUT2D eigenvalue weighted by Gasteiger charge is 2.24. The second-order valence-corrected chi connectivity index (χ2v) is 6.76. The number of guanidine groups is 1. The molecule has 1 aromatic rings. The minimum absolute atomic E-state index is 0.0636. The second kappa shape index (κ2) is 9.30. The van der Waals surface area contributed by atoms with Gasteiger partial charge in [0.2, 0.25) is 5.91 Å². The van der Waals surface area contributed by atoms with E-state index in [2.05, 4.69) is 15.6 Å². The smallest absolute Gasteiger partial charge is 0.225 e. The molecule has 1 saturated heterocycles. The van der Waals surface area contributed by atoms with Gasteiger partial charge in [-0.3, -0.25) is 4.79 Å². The van der Waals surface area contributed by atoms with E-state index in [1.165, 1.54) is 0 Å². The average Bonchev–Trinajstić information content (AvgIpc) is 2.61. The molecule has 1 aliphatic rings. The molecule has 3 N–H and O–H groups in total. The van der Waals surface area contributed by atoms with Crippen LogP contribution in [0.1, 0.15) is 39.2 Å². The number of nitrogens with zero attached hydrogens (tertiary/aromatic N) is 2. The van der Waals surface area contributed by atoms with Gasteiger partial charge in [-0.2, -0.15) is 0 Å². The molecule has 1 aromatic carbocycles. The van der Waals surface area contributed by atoms with Gasteiger partial charge in [-0.15, -0.1) is 0 Å². The second-order valence-electron chi connectivity index (χ2n) is 6.76. The lowest BCUT2D eigenvalue weighted by molar-refractivity contribution is -0.135. The van der Waals surface area contributed by atoms with Gasteiger partial charge in [-0.1, -0.05) is 26.0 Å². The molecule has 0 radical (unpaired) electrons. The molecule has 0 spiro atoms. The van der Waals surface area contributed by atoms with E-state index in [1.807, 2.05) is 37.8 Å². The number of phenols is 1. The first-order chi connectivity index (χ1) is 12.0. The first-order valence-corrected chi connectivity index (χ1v) is 9.11. The van der Waals surface area contributed by atoms with Gasteiger partial charge >= 0.3 is 0 Å². The molecule has 0 atom stereocenters. The Bertz CT molecular complexity index is 576. The molecule has 0 saturated carbocycles. The highest BCUT2D eigenvalue weighted by molar-refractivity contribution is 5.80. The molecule has 2 rings (SSSR count). The molecule has 138 valence electrons. The first kappa shape index (κ1) is 19.1. The Morgan fingerprint density at radius 3 is 2.48 bits per heavy atom. The number of benzene rings is 1. The van der Waals surface area contributed by atoms with Crippen LogP contribution in [0.3, 0.4) is 0 Å². The van der Waals surface area contributed by atoms with E-state index in [0.717, 1.165) is 44.0 Å². The number of amides is 1. The summed E-state index contributed by atoms with van der Waals surface area (Å²) in [4.78, 5) is 18.6. The lowest BCUT2D eigenvalue weighted by Crippen LogP contribution is -2.50. The topological polar surface area (TPSA) is 77.0 Å². The SMILES string of the molecule is CCNC(=NCc1ccc(O)cc1)NC1CCN(C(=O)C(C)C)CC1. The molecule has 6 heteroatoms. The summed E-state index contributed by atoms with van der Waals surface area (Å²) in [6.45, 7) is 8.89. The molecule has 1 amide bonds. The van der Waals surface area contributed by atoms with E-state index in [-0.39, 0.29) is 17.6 Å². The normalized spacial score (nSPS) is 16.2. The number of nitrogens with one attached hydrogen (secondary N) is 2. The van der Waals surface area contributed by atoms with Crippen molar-refractivity contribution in [2.75, 3.05) is 19.6 Å². The van der Waals surface area contributed by atoms with Crippen molar-refractivity contribution in [3.8, 4) is 5.75 Å². The van der Waals surface area contributed by atoms with Crippen LogP contribution in [0.25, 0.3) is 0 Å². The van der Waals surface area contributed by atoms with Crippen LogP contribution in [0.4, 0.5) is 0 Å². The van der Waals surface area contributed by atoms with Crippen LogP contribution >= 0.6 is 0 Å². The first-order valence-electron chi connectivity index (χ1n) is 9.11. The number of rotatable bonds is 5. The van der Waals surface area contributed by atoms with Gasteiger partial charge in [0.1, 0.15) is 5.75 Å². The highest BCUT2D eigenvalue weighted by atomic mass is 16.3. The summed E-state index contributed by atoms with van der Waals surface area (Å²) >= 11 is 0. The van der Waals surface area contributed by atoms with Crippen molar-refractivity contribution in [3.05, 3.63) is 29.8 Å². The van der Waals surface area contributed by atoms with Gasteiger partial charge in [0.25, 0.3) is 0 Å². The summed E-state index contributed by atoms with van der Waals surface area (Å²) in [6.07, 6.45) is 1.87. The number of piperidine rings is 1. The summed E-state index contributed by atoms with van der Waals surface area (Å²) < 4.78 is 0. The zero-order valence-corrected chi connectivity index (χ0v) is 15.5. The fourth-order valence-corrected chi connectivity index (χ4v) is 2.89. The lowest BCUT2D eigenvalue weighted by atomic mass is 10.0. The molecule has 0 unspecified atom stereocenters. The van der Waals surface area contributed by atoms with Gasteiger partial charge in [-0.05, 0) is 37.5 Å². The predicted octanol–water partition coefficient (Wildman–Crippen LogP) is 2.09. The molecule has 0 aliphatic carbocycles. The molecule has 25 heavy (non-hydrogen) atoms. The molecule has 6 nitrogen and oxygen atoms in total. The Balaban J connectivity index is 1.88. The van der Waals surface area contributed by atoms with E-state index in [9.17, 15) is 9.90 Å². The van der Waals surface area contributed by atoms with E-state index in [1.54, 1.807) is 12.1 Å². The number of carbonyl (C=O) groups is 1. The summed E-state index contributed by atoms with van der Waals surface area (Å²) in [5.74, 6) is 1.37. The van der Waals surface area contributed by atoms with Crippen molar-refractivity contribution in [3.63, 3.8) is 0 Å². The number of carbonyl (C=O) groups excluding carboxylic acids is 1. The zero-order valence-electron chi connectivity index (χ0n) is 15.5. The van der Waals surface area contributed by atoms with E-state index in [0.29, 0.717) is 12.6 Å². The van der Waals surface area contributed by atoms with Gasteiger partial charge in [0.05, 0.1) is 6.54 Å². The number of hydrogen-bond donors (Lipinski definition) is 3. The van der Waals surface area contributed by atoms with Gasteiger partial charge in [0.15, 0.2) is 5.96 Å². The van der Waals surface area contributed by atoms with Crippen molar-refractivity contribution >= 4 is 11.9 Å². The predicted molar refractivity (Wildman–Crippen MR) is 100 cm³/mol. The molecule has 0 aromatic heterocycles. The molecule has 1 heterocycles. The van der Waals surface area contributed by atoms with E-state index < -0.39 is 0 Å². The van der Waals surface area contributed by atoms with Crippen molar-refractivity contribution in [2.45, 2.75) is 46.2 Å². The Morgan fingerprint density at radius 2 is 1.92 bits per heavy atom. The van der Waals surface area contributed by atoms with Crippen LogP contribution in [0.5, 0.6) is 5.75 Å². The molecular weight excluding hydrogens is 316 g/mol. The van der Waals surface area contributed by atoms with Crippen LogP contribution < -0.4 is 10.6 Å². The number of aliphatic imine (C=N–C) groups is 1. The van der Waals surface area contributed by atoms with E-state index in [4.69, 9.17) is 0 Å². The van der Waals surface area contributed by atoms with Crippen molar-refractivity contribution < 1.29 is 9.90 Å². The minimum Gasteiger partial charge on any atom is -0.508 e. The third-order valence-corrected chi connectivity index (χ3v) is 4.34. The molecule has 1 aliphatic heterocycles. The maximum Gasteiger partial charge on any atom is 0.225 e. The number of hydrogen-bond acceptors (Lipinski definition) is 3. The molecule has 0 bridgehead atoms. The largest absolute Gasteiger partial charge is 0.508 e. The van der Waals surface area contributed by atoms with Crippen molar-refractivity contribution in [2.24, 2.45) is 10.9 Å². The maximum atomic E-state index is 12.1. The monoisotopic (exact) mass is 346 g/mol. The molecular formula is C19H30N4O2. The third-order valence-electron chi connectivity index (χ3n) is 4.34. The Morgan fingerprint density at radius 1 is 1.28 bits per heavy atom.